The average Bonchev–Trinajstić information content (AvgIpc) is 3.12. The first-order chi connectivity index (χ1) is 12.6. The number of urea groups is 1. The maximum Gasteiger partial charge on any atom is 0.319 e. The third-order valence-electron chi connectivity index (χ3n) is 3.90. The van der Waals surface area contributed by atoms with E-state index in [1.165, 1.54) is 6.07 Å². The number of carbonyl (C=O) groups excluding carboxylic acids is 1. The topological polar surface area (TPSA) is 80.0 Å². The van der Waals surface area contributed by atoms with Crippen molar-refractivity contribution < 1.29 is 13.7 Å². The second kappa shape index (κ2) is 7.77. The van der Waals surface area contributed by atoms with Gasteiger partial charge in [-0.2, -0.15) is 4.98 Å². The van der Waals surface area contributed by atoms with Crippen LogP contribution in [0, 0.1) is 5.82 Å². The highest BCUT2D eigenvalue weighted by Gasteiger charge is 2.14. The highest BCUT2D eigenvalue weighted by Crippen LogP contribution is 2.25. The normalized spacial score (nSPS) is 11.8. The number of benzene rings is 2. The summed E-state index contributed by atoms with van der Waals surface area (Å²) < 4.78 is 19.0. The van der Waals surface area contributed by atoms with E-state index in [4.69, 9.17) is 4.52 Å². The Labute approximate surface area is 150 Å². The van der Waals surface area contributed by atoms with Crippen molar-refractivity contribution in [1.29, 1.82) is 0 Å². The molecule has 0 saturated heterocycles. The lowest BCUT2D eigenvalue weighted by atomic mass is 10.2. The van der Waals surface area contributed by atoms with Gasteiger partial charge in [-0.25, -0.2) is 9.18 Å². The van der Waals surface area contributed by atoms with Gasteiger partial charge in [0.25, 0.3) is 5.89 Å². The SMILES string of the molecule is CC[C@H](C)NC(=O)Nc1cccc(-c2noc(-c3ccccc3F)n2)c1. The fraction of sp³-hybridized carbons (Fsp3) is 0.211. The minimum absolute atomic E-state index is 0.0821. The van der Waals surface area contributed by atoms with Crippen LogP contribution in [-0.2, 0) is 0 Å². The first-order valence-electron chi connectivity index (χ1n) is 8.33. The van der Waals surface area contributed by atoms with Crippen LogP contribution in [0.3, 0.4) is 0 Å². The van der Waals surface area contributed by atoms with Crippen molar-refractivity contribution >= 4 is 11.7 Å². The lowest BCUT2D eigenvalue weighted by Crippen LogP contribution is -2.35. The molecule has 1 atom stereocenters. The minimum Gasteiger partial charge on any atom is -0.335 e. The summed E-state index contributed by atoms with van der Waals surface area (Å²) in [5.74, 6) is -0.0138. The van der Waals surface area contributed by atoms with Crippen molar-refractivity contribution in [3.63, 3.8) is 0 Å². The summed E-state index contributed by atoms with van der Waals surface area (Å²) in [5, 5.41) is 9.50. The van der Waals surface area contributed by atoms with Crippen LogP contribution in [0.5, 0.6) is 0 Å². The zero-order valence-electron chi connectivity index (χ0n) is 14.5. The number of hydrogen-bond donors (Lipinski definition) is 2. The van der Waals surface area contributed by atoms with E-state index >= 15 is 0 Å². The Morgan fingerprint density at radius 3 is 2.81 bits per heavy atom. The highest BCUT2D eigenvalue weighted by molar-refractivity contribution is 5.90. The van der Waals surface area contributed by atoms with Gasteiger partial charge >= 0.3 is 6.03 Å². The van der Waals surface area contributed by atoms with E-state index in [0.717, 1.165) is 6.42 Å². The van der Waals surface area contributed by atoms with Crippen molar-refractivity contribution in [1.82, 2.24) is 15.5 Å². The van der Waals surface area contributed by atoms with Crippen molar-refractivity contribution in [2.45, 2.75) is 26.3 Å². The van der Waals surface area contributed by atoms with Crippen molar-refractivity contribution in [2.24, 2.45) is 0 Å². The molecule has 0 fully saturated rings. The van der Waals surface area contributed by atoms with Gasteiger partial charge in [0.1, 0.15) is 5.82 Å². The predicted molar refractivity (Wildman–Crippen MR) is 97.0 cm³/mol. The molecule has 2 amide bonds. The van der Waals surface area contributed by atoms with Gasteiger partial charge in [0.05, 0.1) is 5.56 Å². The van der Waals surface area contributed by atoms with Crippen LogP contribution in [0.1, 0.15) is 20.3 Å². The second-order valence-corrected chi connectivity index (χ2v) is 5.89. The zero-order chi connectivity index (χ0) is 18.5. The Balaban J connectivity index is 1.79. The van der Waals surface area contributed by atoms with E-state index in [9.17, 15) is 9.18 Å². The van der Waals surface area contributed by atoms with Crippen LogP contribution >= 0.6 is 0 Å². The molecule has 0 aliphatic carbocycles. The molecule has 0 aliphatic heterocycles. The average molecular weight is 354 g/mol. The molecule has 0 spiro atoms. The van der Waals surface area contributed by atoms with Crippen LogP contribution in [0.2, 0.25) is 0 Å². The van der Waals surface area contributed by atoms with Gasteiger partial charge in [0.15, 0.2) is 0 Å². The molecule has 3 aromatic rings. The van der Waals surface area contributed by atoms with Crippen LogP contribution in [0.15, 0.2) is 53.1 Å². The van der Waals surface area contributed by atoms with E-state index in [1.807, 2.05) is 13.8 Å². The Morgan fingerprint density at radius 1 is 1.23 bits per heavy atom. The van der Waals surface area contributed by atoms with E-state index < -0.39 is 5.82 Å². The Hall–Kier alpha value is -3.22. The minimum atomic E-state index is -0.431. The molecule has 2 aromatic carbocycles. The van der Waals surface area contributed by atoms with E-state index in [2.05, 4.69) is 20.8 Å². The van der Waals surface area contributed by atoms with Crippen LogP contribution < -0.4 is 10.6 Å². The smallest absolute Gasteiger partial charge is 0.319 e. The van der Waals surface area contributed by atoms with Crippen molar-refractivity contribution in [3.8, 4) is 22.8 Å². The first-order valence-corrected chi connectivity index (χ1v) is 8.33. The van der Waals surface area contributed by atoms with E-state index in [0.29, 0.717) is 17.1 Å². The molecule has 0 bridgehead atoms. The lowest BCUT2D eigenvalue weighted by molar-refractivity contribution is 0.249. The number of nitrogens with one attached hydrogen (secondary N) is 2. The number of nitrogens with zero attached hydrogens (tertiary/aromatic N) is 2. The molecular weight excluding hydrogens is 335 g/mol. The van der Waals surface area contributed by atoms with Gasteiger partial charge in [0, 0.05) is 17.3 Å². The van der Waals surface area contributed by atoms with Crippen molar-refractivity contribution in [3.05, 3.63) is 54.3 Å². The molecule has 0 aliphatic rings. The van der Waals surface area contributed by atoms with Gasteiger partial charge in [0.2, 0.25) is 5.82 Å². The van der Waals surface area contributed by atoms with Gasteiger partial charge < -0.3 is 15.2 Å². The molecule has 7 heteroatoms. The van der Waals surface area contributed by atoms with Crippen LogP contribution in [0.25, 0.3) is 22.8 Å². The maximum atomic E-state index is 13.8. The molecule has 1 aromatic heterocycles. The maximum absolute atomic E-state index is 13.8. The van der Waals surface area contributed by atoms with E-state index in [-0.39, 0.29) is 23.5 Å². The Kier molecular flexibility index (Phi) is 5.26. The number of halogens is 1. The molecule has 0 unspecified atom stereocenters. The number of rotatable bonds is 5. The number of anilines is 1. The first kappa shape index (κ1) is 17.6. The summed E-state index contributed by atoms with van der Waals surface area (Å²) in [5.41, 5.74) is 1.49. The number of amides is 2. The van der Waals surface area contributed by atoms with Gasteiger partial charge in [-0.1, -0.05) is 36.3 Å². The number of hydrogen-bond acceptors (Lipinski definition) is 4. The molecule has 0 radical (unpaired) electrons. The molecule has 134 valence electrons. The Bertz CT molecular complexity index is 910. The molecule has 0 saturated carbocycles. The summed E-state index contributed by atoms with van der Waals surface area (Å²) in [6, 6.07) is 13.0. The summed E-state index contributed by atoms with van der Waals surface area (Å²) in [6.07, 6.45) is 0.842. The largest absolute Gasteiger partial charge is 0.335 e. The number of carbonyl (C=O) groups is 1. The fourth-order valence-electron chi connectivity index (χ4n) is 2.31. The molecule has 6 nitrogen and oxygen atoms in total. The predicted octanol–water partition coefficient (Wildman–Crippen LogP) is 4.46. The number of aromatic nitrogens is 2. The fourth-order valence-corrected chi connectivity index (χ4v) is 2.31. The summed E-state index contributed by atoms with van der Waals surface area (Å²) in [7, 11) is 0. The lowest BCUT2D eigenvalue weighted by Gasteiger charge is -2.12. The van der Waals surface area contributed by atoms with Gasteiger partial charge in [-0.15, -0.1) is 0 Å². The molecule has 3 rings (SSSR count). The summed E-state index contributed by atoms with van der Waals surface area (Å²) in [6.45, 7) is 3.93. The van der Waals surface area contributed by atoms with Crippen LogP contribution in [-0.4, -0.2) is 22.2 Å². The highest BCUT2D eigenvalue weighted by atomic mass is 19.1. The zero-order valence-corrected chi connectivity index (χ0v) is 14.5. The summed E-state index contributed by atoms with van der Waals surface area (Å²) in [4.78, 5) is 16.2. The summed E-state index contributed by atoms with van der Waals surface area (Å²) >= 11 is 0. The van der Waals surface area contributed by atoms with E-state index in [1.54, 1.807) is 42.5 Å². The Morgan fingerprint density at radius 2 is 2.04 bits per heavy atom. The standard InChI is InChI=1S/C19H19FN4O2/c1-3-12(2)21-19(25)22-14-8-6-7-13(11-14)17-23-18(26-24-17)15-9-4-5-10-16(15)20/h4-12H,3H2,1-2H3,(H2,21,22,25)/t12-/m0/s1. The molecule has 1 heterocycles. The molecule has 2 N–H and O–H groups in total. The molecule has 26 heavy (non-hydrogen) atoms. The van der Waals surface area contributed by atoms with Crippen molar-refractivity contribution in [2.75, 3.05) is 5.32 Å². The monoisotopic (exact) mass is 354 g/mol. The second-order valence-electron chi connectivity index (χ2n) is 5.89. The van der Waals surface area contributed by atoms with Gasteiger partial charge in [-0.3, -0.25) is 0 Å². The van der Waals surface area contributed by atoms with Gasteiger partial charge in [-0.05, 0) is 37.6 Å². The molecular formula is C19H19FN4O2. The third kappa shape index (κ3) is 4.05. The quantitative estimate of drug-likeness (QED) is 0.709. The van der Waals surface area contributed by atoms with Crippen LogP contribution in [0.4, 0.5) is 14.9 Å². The third-order valence-corrected chi connectivity index (χ3v) is 3.90.